The van der Waals surface area contributed by atoms with Gasteiger partial charge in [0.25, 0.3) is 0 Å². The van der Waals surface area contributed by atoms with Crippen LogP contribution >= 0.6 is 0 Å². The molecule has 1 aliphatic heterocycles. The number of rotatable bonds is 5. The molecule has 7 heteroatoms. The minimum absolute atomic E-state index is 0.0504. The van der Waals surface area contributed by atoms with Crippen LogP contribution in [-0.2, 0) is 4.79 Å². The van der Waals surface area contributed by atoms with Crippen molar-refractivity contribution in [1.29, 1.82) is 0 Å². The molecule has 0 saturated carbocycles. The molecule has 3 aromatic rings. The molecule has 148 valence electrons. The zero-order valence-corrected chi connectivity index (χ0v) is 16.0. The first-order chi connectivity index (χ1) is 14.0. The lowest BCUT2D eigenvalue weighted by Crippen LogP contribution is -2.25. The lowest BCUT2D eigenvalue weighted by Gasteiger charge is -2.27. The van der Waals surface area contributed by atoms with Crippen LogP contribution in [0.5, 0.6) is 11.5 Å². The first-order valence-electron chi connectivity index (χ1n) is 9.09. The molecule has 0 radical (unpaired) electrons. The van der Waals surface area contributed by atoms with Gasteiger partial charge in [0, 0.05) is 35.9 Å². The Morgan fingerprint density at radius 1 is 1.14 bits per heavy atom. The highest BCUT2D eigenvalue weighted by Gasteiger charge is 2.35. The number of carbonyl (C=O) groups is 2. The number of nitrogens with one attached hydrogen (secondary N) is 1. The molecule has 0 spiro atoms. The monoisotopic (exact) mass is 392 g/mol. The van der Waals surface area contributed by atoms with Crippen LogP contribution in [0.1, 0.15) is 34.0 Å². The summed E-state index contributed by atoms with van der Waals surface area (Å²) in [5.41, 5.74) is 2.67. The Morgan fingerprint density at radius 3 is 2.55 bits per heavy atom. The lowest BCUT2D eigenvalue weighted by atomic mass is 9.87. The van der Waals surface area contributed by atoms with Crippen molar-refractivity contribution in [1.82, 2.24) is 4.57 Å². The summed E-state index contributed by atoms with van der Waals surface area (Å²) in [5, 5.41) is 12.5. The number of carbonyl (C=O) groups excluding carboxylic acids is 1. The summed E-state index contributed by atoms with van der Waals surface area (Å²) in [7, 11) is 3.13. The van der Waals surface area contributed by atoms with Crippen molar-refractivity contribution in [2.24, 2.45) is 0 Å². The second-order valence-corrected chi connectivity index (χ2v) is 6.73. The molecule has 29 heavy (non-hydrogen) atoms. The number of aromatic carboxylic acids is 1. The highest BCUT2D eigenvalue weighted by atomic mass is 16.5. The van der Waals surface area contributed by atoms with E-state index in [2.05, 4.69) is 5.32 Å². The Hall–Kier alpha value is -3.74. The van der Waals surface area contributed by atoms with Crippen LogP contribution in [0, 0.1) is 0 Å². The maximum absolute atomic E-state index is 12.5. The van der Waals surface area contributed by atoms with Crippen LogP contribution in [0.2, 0.25) is 0 Å². The number of ether oxygens (including phenoxy) is 2. The molecule has 1 amide bonds. The minimum Gasteiger partial charge on any atom is -0.497 e. The number of aromatic nitrogens is 1. The number of benzene rings is 2. The van der Waals surface area contributed by atoms with E-state index in [1.165, 1.54) is 0 Å². The Kier molecular flexibility index (Phi) is 4.72. The zero-order chi connectivity index (χ0) is 20.5. The van der Waals surface area contributed by atoms with Gasteiger partial charge < -0.3 is 24.5 Å². The number of carboxylic acid groups (broad SMARTS) is 1. The molecular weight excluding hydrogens is 372 g/mol. The molecule has 0 bridgehead atoms. The largest absolute Gasteiger partial charge is 0.497 e. The van der Waals surface area contributed by atoms with Gasteiger partial charge >= 0.3 is 5.97 Å². The van der Waals surface area contributed by atoms with Crippen molar-refractivity contribution in [3.8, 4) is 17.2 Å². The first kappa shape index (κ1) is 18.6. The lowest BCUT2D eigenvalue weighted by molar-refractivity contribution is -0.116. The van der Waals surface area contributed by atoms with E-state index >= 15 is 0 Å². The molecule has 7 nitrogen and oxygen atoms in total. The second-order valence-electron chi connectivity index (χ2n) is 6.73. The Balaban J connectivity index is 1.97. The number of methoxy groups -OCH3 is 2. The van der Waals surface area contributed by atoms with Crippen molar-refractivity contribution in [2.75, 3.05) is 19.5 Å². The van der Waals surface area contributed by atoms with Gasteiger partial charge in [-0.2, -0.15) is 0 Å². The Labute approximate surface area is 167 Å². The summed E-state index contributed by atoms with van der Waals surface area (Å²) < 4.78 is 12.7. The fourth-order valence-electron chi connectivity index (χ4n) is 3.80. The molecule has 0 fully saturated rings. The number of nitrogens with zero attached hydrogens (tertiary/aromatic N) is 1. The third kappa shape index (κ3) is 3.20. The first-order valence-corrected chi connectivity index (χ1v) is 9.09. The molecular formula is C22H20N2O5. The highest BCUT2D eigenvalue weighted by Crippen LogP contribution is 2.44. The number of carboxylic acids is 1. The second kappa shape index (κ2) is 7.35. The van der Waals surface area contributed by atoms with Gasteiger partial charge in [0.2, 0.25) is 5.91 Å². The third-order valence-corrected chi connectivity index (χ3v) is 5.11. The van der Waals surface area contributed by atoms with E-state index in [1.807, 2.05) is 41.0 Å². The van der Waals surface area contributed by atoms with Crippen LogP contribution in [0.25, 0.3) is 5.69 Å². The molecule has 1 aliphatic rings. The number of fused-ring (bicyclic) bond motifs is 1. The molecule has 0 saturated heterocycles. The van der Waals surface area contributed by atoms with E-state index in [9.17, 15) is 14.7 Å². The van der Waals surface area contributed by atoms with Crippen LogP contribution in [0.4, 0.5) is 5.69 Å². The van der Waals surface area contributed by atoms with Crippen molar-refractivity contribution in [2.45, 2.75) is 12.3 Å². The van der Waals surface area contributed by atoms with E-state index in [0.717, 1.165) is 11.3 Å². The summed E-state index contributed by atoms with van der Waals surface area (Å²) >= 11 is 0. The van der Waals surface area contributed by atoms with Crippen LogP contribution in [0.3, 0.4) is 0 Å². The predicted molar refractivity (Wildman–Crippen MR) is 107 cm³/mol. The zero-order valence-electron chi connectivity index (χ0n) is 16.0. The minimum atomic E-state index is -1.10. The van der Waals surface area contributed by atoms with Crippen LogP contribution in [-0.4, -0.2) is 35.8 Å². The van der Waals surface area contributed by atoms with Crippen molar-refractivity contribution in [3.05, 3.63) is 71.5 Å². The smallest absolute Gasteiger partial charge is 0.339 e. The van der Waals surface area contributed by atoms with Gasteiger partial charge in [-0.1, -0.05) is 24.3 Å². The Morgan fingerprint density at radius 2 is 1.90 bits per heavy atom. The fraction of sp³-hybridized carbons (Fsp3) is 0.182. The standard InChI is InChI=1S/C22H20N2O5/c1-28-14-8-9-15(18(10-14)29-2)16-11-19(25)23-20-17(22(26)27)12-24(21(16)20)13-6-4-3-5-7-13/h3-10,12,16H,11H2,1-2H3,(H,23,25)(H,26,27)/t16-/m1/s1. The summed E-state index contributed by atoms with van der Waals surface area (Å²) in [6.45, 7) is 0. The van der Waals surface area contributed by atoms with Gasteiger partial charge in [-0.15, -0.1) is 0 Å². The predicted octanol–water partition coefficient (Wildman–Crippen LogP) is 3.67. The van der Waals surface area contributed by atoms with Gasteiger partial charge in [0.1, 0.15) is 17.1 Å². The maximum atomic E-state index is 12.5. The maximum Gasteiger partial charge on any atom is 0.339 e. The Bertz CT molecular complexity index is 1090. The van der Waals surface area contributed by atoms with Crippen molar-refractivity contribution in [3.63, 3.8) is 0 Å². The SMILES string of the molecule is COc1ccc([C@H]2CC(=O)Nc3c(C(=O)O)cn(-c4ccccc4)c32)c(OC)c1. The quantitative estimate of drug-likeness (QED) is 0.692. The van der Waals surface area contributed by atoms with Crippen LogP contribution < -0.4 is 14.8 Å². The van der Waals surface area contributed by atoms with E-state index in [-0.39, 0.29) is 23.8 Å². The molecule has 2 N–H and O–H groups in total. The topological polar surface area (TPSA) is 89.8 Å². The van der Waals surface area contributed by atoms with Crippen LogP contribution in [0.15, 0.2) is 54.7 Å². The molecule has 4 rings (SSSR count). The average molecular weight is 392 g/mol. The fourth-order valence-corrected chi connectivity index (χ4v) is 3.80. The van der Waals surface area contributed by atoms with Gasteiger partial charge in [0.05, 0.1) is 25.6 Å². The summed E-state index contributed by atoms with van der Waals surface area (Å²) in [5.74, 6) is -0.511. The van der Waals surface area contributed by atoms with Gasteiger partial charge in [-0.25, -0.2) is 4.79 Å². The van der Waals surface area contributed by atoms with E-state index in [1.54, 1.807) is 32.5 Å². The number of hydrogen-bond acceptors (Lipinski definition) is 4. The molecule has 2 aromatic carbocycles. The molecule has 2 heterocycles. The van der Waals surface area contributed by atoms with E-state index < -0.39 is 5.97 Å². The normalized spacial score (nSPS) is 15.4. The number of para-hydroxylation sites is 1. The van der Waals surface area contributed by atoms with E-state index in [0.29, 0.717) is 22.9 Å². The molecule has 0 aliphatic carbocycles. The van der Waals surface area contributed by atoms with Crippen molar-refractivity contribution >= 4 is 17.6 Å². The highest BCUT2D eigenvalue weighted by molar-refractivity contribution is 6.04. The average Bonchev–Trinajstić information content (AvgIpc) is 3.13. The molecule has 1 aromatic heterocycles. The van der Waals surface area contributed by atoms with Gasteiger partial charge in [-0.05, 0) is 18.2 Å². The van der Waals surface area contributed by atoms with Crippen molar-refractivity contribution < 1.29 is 24.2 Å². The van der Waals surface area contributed by atoms with Gasteiger partial charge in [0.15, 0.2) is 0 Å². The van der Waals surface area contributed by atoms with E-state index in [4.69, 9.17) is 9.47 Å². The molecule has 0 unspecified atom stereocenters. The summed E-state index contributed by atoms with van der Waals surface area (Å²) in [6, 6.07) is 14.9. The molecule has 1 atom stereocenters. The van der Waals surface area contributed by atoms with Gasteiger partial charge in [-0.3, -0.25) is 4.79 Å². The third-order valence-electron chi connectivity index (χ3n) is 5.11. The number of amides is 1. The summed E-state index contributed by atoms with van der Waals surface area (Å²) in [6.07, 6.45) is 1.72. The number of hydrogen-bond donors (Lipinski definition) is 2. The number of anilines is 1. The summed E-state index contributed by atoms with van der Waals surface area (Å²) in [4.78, 5) is 24.3.